The van der Waals surface area contributed by atoms with E-state index in [4.69, 9.17) is 9.15 Å². The molecule has 0 radical (unpaired) electrons. The lowest BCUT2D eigenvalue weighted by molar-refractivity contribution is 0.0343. The fourth-order valence-electron chi connectivity index (χ4n) is 3.50. The van der Waals surface area contributed by atoms with Crippen molar-refractivity contribution < 1.29 is 13.9 Å². The Balaban J connectivity index is 1.39. The van der Waals surface area contributed by atoms with E-state index in [1.165, 1.54) is 0 Å². The van der Waals surface area contributed by atoms with Gasteiger partial charge in [-0.2, -0.15) is 0 Å². The minimum Gasteiger partial charge on any atom is -0.459 e. The van der Waals surface area contributed by atoms with Crippen LogP contribution in [0, 0.1) is 6.92 Å². The van der Waals surface area contributed by atoms with E-state index >= 15 is 0 Å². The Kier molecular flexibility index (Phi) is 5.60. The van der Waals surface area contributed by atoms with Crippen LogP contribution in [0.3, 0.4) is 0 Å². The van der Waals surface area contributed by atoms with Crippen molar-refractivity contribution in [3.8, 4) is 0 Å². The third-order valence-corrected chi connectivity index (χ3v) is 5.12. The first-order valence-electron chi connectivity index (χ1n) is 9.60. The molecule has 6 nitrogen and oxygen atoms in total. The zero-order valence-electron chi connectivity index (χ0n) is 16.0. The first-order valence-corrected chi connectivity index (χ1v) is 9.60. The molecular weight excluding hydrogens is 354 g/mol. The SMILES string of the molecule is Cc1c(CNC(=O)Nc2ccccc2CN2CCOCC2)oc2ccccc12. The number of morpholine rings is 1. The summed E-state index contributed by atoms with van der Waals surface area (Å²) in [5, 5.41) is 6.96. The van der Waals surface area contributed by atoms with E-state index in [1.54, 1.807) is 0 Å². The molecule has 1 aliphatic heterocycles. The van der Waals surface area contributed by atoms with Crippen LogP contribution in [-0.4, -0.2) is 37.2 Å². The molecule has 2 amide bonds. The van der Waals surface area contributed by atoms with E-state index in [0.717, 1.165) is 66.4 Å². The Labute approximate surface area is 164 Å². The Morgan fingerprint density at radius 3 is 2.64 bits per heavy atom. The number of anilines is 1. The highest BCUT2D eigenvalue weighted by Gasteiger charge is 2.15. The molecule has 1 fully saturated rings. The zero-order chi connectivity index (χ0) is 19.3. The normalized spacial score (nSPS) is 14.9. The summed E-state index contributed by atoms with van der Waals surface area (Å²) in [5.41, 5.74) is 3.82. The summed E-state index contributed by atoms with van der Waals surface area (Å²) < 4.78 is 11.3. The molecule has 0 aliphatic carbocycles. The molecule has 28 heavy (non-hydrogen) atoms. The number of carbonyl (C=O) groups excluding carboxylic acids is 1. The lowest BCUT2D eigenvalue weighted by atomic mass is 10.1. The predicted octanol–water partition coefficient (Wildman–Crippen LogP) is 3.90. The number of rotatable bonds is 5. The van der Waals surface area contributed by atoms with E-state index in [1.807, 2.05) is 49.4 Å². The minimum absolute atomic E-state index is 0.241. The molecule has 0 atom stereocenters. The average Bonchev–Trinajstić information content (AvgIpc) is 3.05. The summed E-state index contributed by atoms with van der Waals surface area (Å²) in [6.45, 7) is 6.48. The summed E-state index contributed by atoms with van der Waals surface area (Å²) in [6, 6.07) is 15.6. The Hall–Kier alpha value is -2.83. The number of furan rings is 1. The van der Waals surface area contributed by atoms with Crippen LogP contribution in [0.4, 0.5) is 10.5 Å². The van der Waals surface area contributed by atoms with Crippen molar-refractivity contribution in [2.75, 3.05) is 31.6 Å². The second-order valence-electron chi connectivity index (χ2n) is 7.00. The van der Waals surface area contributed by atoms with Crippen molar-refractivity contribution in [1.82, 2.24) is 10.2 Å². The maximum absolute atomic E-state index is 12.5. The number of ether oxygens (including phenoxy) is 1. The summed E-state index contributed by atoms with van der Waals surface area (Å²) in [6.07, 6.45) is 0. The fourth-order valence-corrected chi connectivity index (χ4v) is 3.50. The number of fused-ring (bicyclic) bond motifs is 1. The van der Waals surface area contributed by atoms with Gasteiger partial charge in [-0.1, -0.05) is 36.4 Å². The molecule has 0 bridgehead atoms. The van der Waals surface area contributed by atoms with Gasteiger partial charge in [0.15, 0.2) is 0 Å². The summed E-state index contributed by atoms with van der Waals surface area (Å²) in [5.74, 6) is 0.776. The summed E-state index contributed by atoms with van der Waals surface area (Å²) in [4.78, 5) is 14.8. The van der Waals surface area contributed by atoms with Crippen molar-refractivity contribution in [2.45, 2.75) is 20.0 Å². The standard InChI is InChI=1S/C22H25N3O3/c1-16-18-7-3-5-9-20(18)28-21(16)14-23-22(26)24-19-8-4-2-6-17(19)15-25-10-12-27-13-11-25/h2-9H,10-15H2,1H3,(H2,23,24,26). The highest BCUT2D eigenvalue weighted by molar-refractivity contribution is 5.90. The molecule has 1 aliphatic rings. The van der Waals surface area contributed by atoms with E-state index in [-0.39, 0.29) is 6.03 Å². The van der Waals surface area contributed by atoms with Gasteiger partial charge in [0.2, 0.25) is 0 Å². The highest BCUT2D eigenvalue weighted by Crippen LogP contribution is 2.24. The van der Waals surface area contributed by atoms with E-state index in [9.17, 15) is 4.79 Å². The third-order valence-electron chi connectivity index (χ3n) is 5.12. The second kappa shape index (κ2) is 8.46. The predicted molar refractivity (Wildman–Crippen MR) is 109 cm³/mol. The van der Waals surface area contributed by atoms with Gasteiger partial charge in [0.25, 0.3) is 0 Å². The lowest BCUT2D eigenvalue weighted by Crippen LogP contribution is -2.36. The number of nitrogens with one attached hydrogen (secondary N) is 2. The molecule has 3 aromatic rings. The van der Waals surface area contributed by atoms with Crippen LogP contribution in [0.2, 0.25) is 0 Å². The van der Waals surface area contributed by atoms with Gasteiger partial charge < -0.3 is 19.8 Å². The molecular formula is C22H25N3O3. The molecule has 0 unspecified atom stereocenters. The van der Waals surface area contributed by atoms with E-state index < -0.39 is 0 Å². The van der Waals surface area contributed by atoms with Gasteiger partial charge in [0, 0.05) is 36.3 Å². The number of hydrogen-bond donors (Lipinski definition) is 2. The third kappa shape index (κ3) is 4.18. The van der Waals surface area contributed by atoms with Gasteiger partial charge in [-0.15, -0.1) is 0 Å². The molecule has 2 heterocycles. The topological polar surface area (TPSA) is 66.7 Å². The van der Waals surface area contributed by atoms with Gasteiger partial charge in [0.1, 0.15) is 11.3 Å². The van der Waals surface area contributed by atoms with Crippen LogP contribution in [0.5, 0.6) is 0 Å². The van der Waals surface area contributed by atoms with Crippen molar-refractivity contribution in [3.05, 3.63) is 65.4 Å². The molecule has 2 N–H and O–H groups in total. The first kappa shape index (κ1) is 18.5. The molecule has 6 heteroatoms. The van der Waals surface area contributed by atoms with Gasteiger partial charge in [-0.3, -0.25) is 4.90 Å². The molecule has 2 aromatic carbocycles. The minimum atomic E-state index is -0.241. The zero-order valence-corrected chi connectivity index (χ0v) is 16.0. The Morgan fingerprint density at radius 2 is 1.82 bits per heavy atom. The van der Waals surface area contributed by atoms with Gasteiger partial charge in [-0.25, -0.2) is 4.79 Å². The summed E-state index contributed by atoms with van der Waals surface area (Å²) in [7, 11) is 0. The quantitative estimate of drug-likeness (QED) is 0.706. The van der Waals surface area contributed by atoms with Crippen molar-refractivity contribution in [3.63, 3.8) is 0 Å². The fraction of sp³-hybridized carbons (Fsp3) is 0.318. The van der Waals surface area contributed by atoms with E-state index in [2.05, 4.69) is 21.6 Å². The maximum Gasteiger partial charge on any atom is 0.319 e. The molecule has 0 saturated carbocycles. The monoisotopic (exact) mass is 379 g/mol. The maximum atomic E-state index is 12.5. The number of carbonyl (C=O) groups is 1. The smallest absolute Gasteiger partial charge is 0.319 e. The lowest BCUT2D eigenvalue weighted by Gasteiger charge is -2.27. The highest BCUT2D eigenvalue weighted by atomic mass is 16.5. The van der Waals surface area contributed by atoms with Gasteiger partial charge in [-0.05, 0) is 24.6 Å². The Morgan fingerprint density at radius 1 is 1.07 bits per heavy atom. The van der Waals surface area contributed by atoms with Crippen molar-refractivity contribution in [1.29, 1.82) is 0 Å². The summed E-state index contributed by atoms with van der Waals surface area (Å²) >= 11 is 0. The van der Waals surface area contributed by atoms with Crippen molar-refractivity contribution in [2.24, 2.45) is 0 Å². The van der Waals surface area contributed by atoms with Crippen LogP contribution in [0.1, 0.15) is 16.9 Å². The van der Waals surface area contributed by atoms with Crippen LogP contribution in [-0.2, 0) is 17.8 Å². The largest absolute Gasteiger partial charge is 0.459 e. The molecule has 1 aromatic heterocycles. The number of benzene rings is 2. The molecule has 1 saturated heterocycles. The number of aryl methyl sites for hydroxylation is 1. The van der Waals surface area contributed by atoms with E-state index in [0.29, 0.717) is 6.54 Å². The number of amides is 2. The van der Waals surface area contributed by atoms with Gasteiger partial charge in [0.05, 0.1) is 19.8 Å². The van der Waals surface area contributed by atoms with Crippen LogP contribution < -0.4 is 10.6 Å². The number of hydrogen-bond acceptors (Lipinski definition) is 4. The molecule has 146 valence electrons. The van der Waals surface area contributed by atoms with Gasteiger partial charge >= 0.3 is 6.03 Å². The van der Waals surface area contributed by atoms with Crippen LogP contribution in [0.15, 0.2) is 52.9 Å². The van der Waals surface area contributed by atoms with Crippen molar-refractivity contribution >= 4 is 22.7 Å². The first-order chi connectivity index (χ1) is 13.7. The Bertz CT molecular complexity index is 961. The number of urea groups is 1. The van der Waals surface area contributed by atoms with Crippen LogP contribution in [0.25, 0.3) is 11.0 Å². The second-order valence-corrected chi connectivity index (χ2v) is 7.00. The van der Waals surface area contributed by atoms with Crippen LogP contribution >= 0.6 is 0 Å². The number of para-hydroxylation sites is 2. The molecule has 0 spiro atoms. The number of nitrogens with zero attached hydrogens (tertiary/aromatic N) is 1. The molecule has 4 rings (SSSR count). The average molecular weight is 379 g/mol.